The van der Waals surface area contributed by atoms with Gasteiger partial charge in [-0.3, -0.25) is 0 Å². The highest BCUT2D eigenvalue weighted by atomic mass is 32.2. The van der Waals surface area contributed by atoms with Crippen LogP contribution in [-0.2, 0) is 0 Å². The van der Waals surface area contributed by atoms with E-state index in [1.807, 2.05) is 0 Å². The molecule has 0 rings (SSSR count). The fraction of sp³-hybridized carbons (Fsp3) is 1.00. The van der Waals surface area contributed by atoms with Crippen LogP contribution in [0.5, 0.6) is 0 Å². The average molecular weight is 98.1 g/mol. The Balaban J connectivity index is 2.19. The van der Waals surface area contributed by atoms with Crippen molar-refractivity contribution < 1.29 is 8.78 Å². The summed E-state index contributed by atoms with van der Waals surface area (Å²) in [5.74, 6) is 0. The maximum Gasteiger partial charge on any atom is 0.137 e. The van der Waals surface area contributed by atoms with Crippen molar-refractivity contribution in [1.29, 1.82) is 0 Å². The molecule has 0 spiro atoms. The summed E-state index contributed by atoms with van der Waals surface area (Å²) in [7, 11) is 0. The fourth-order valence-corrected chi connectivity index (χ4v) is 0.0875. The summed E-state index contributed by atoms with van der Waals surface area (Å²) in [6.45, 7) is 0. The van der Waals surface area contributed by atoms with Crippen LogP contribution in [0.25, 0.3) is 0 Å². The van der Waals surface area contributed by atoms with Crippen molar-refractivity contribution in [2.75, 3.05) is 12.0 Å². The number of rotatable bonds is 2. The van der Waals surface area contributed by atoms with E-state index in [0.717, 1.165) is 0 Å². The molecule has 0 saturated heterocycles. The van der Waals surface area contributed by atoms with Crippen molar-refractivity contribution in [1.82, 2.24) is 0 Å². The van der Waals surface area contributed by atoms with Crippen molar-refractivity contribution in [3.63, 3.8) is 0 Å². The highest BCUT2D eigenvalue weighted by Gasteiger charge is 1.74. The van der Waals surface area contributed by atoms with Crippen LogP contribution in [0.2, 0.25) is 0 Å². The molecule has 0 unspecified atom stereocenters. The van der Waals surface area contributed by atoms with Crippen molar-refractivity contribution in [3.05, 3.63) is 0 Å². The maximum atomic E-state index is 10.7. The Morgan fingerprint density at radius 3 is 1.60 bits per heavy atom. The third-order valence-electron chi connectivity index (χ3n) is 0.154. The van der Waals surface area contributed by atoms with E-state index in [9.17, 15) is 8.78 Å². The van der Waals surface area contributed by atoms with Crippen molar-refractivity contribution in [2.45, 2.75) is 0 Å². The van der Waals surface area contributed by atoms with E-state index < -0.39 is 12.0 Å². The van der Waals surface area contributed by atoms with E-state index in [2.05, 4.69) is 0 Å². The molecular formula is C2H4F2S. The van der Waals surface area contributed by atoms with Gasteiger partial charge < -0.3 is 0 Å². The molecule has 5 heavy (non-hydrogen) atoms. The lowest BCUT2D eigenvalue weighted by Crippen LogP contribution is -1.59. The molecule has 0 aromatic heterocycles. The predicted molar refractivity (Wildman–Crippen MR) is 19.5 cm³/mol. The lowest BCUT2D eigenvalue weighted by molar-refractivity contribution is 0.579. The van der Waals surface area contributed by atoms with Gasteiger partial charge in [0.1, 0.15) is 12.0 Å². The van der Waals surface area contributed by atoms with Gasteiger partial charge in [-0.05, 0) is 0 Å². The lowest BCUT2D eigenvalue weighted by Gasteiger charge is -1.74. The Kier molecular flexibility index (Phi) is 4.39. The van der Waals surface area contributed by atoms with Crippen LogP contribution in [0.15, 0.2) is 0 Å². The van der Waals surface area contributed by atoms with Gasteiger partial charge >= 0.3 is 0 Å². The van der Waals surface area contributed by atoms with Crippen molar-refractivity contribution in [3.8, 4) is 0 Å². The van der Waals surface area contributed by atoms with E-state index in [1.54, 1.807) is 0 Å². The molecule has 0 radical (unpaired) electrons. The average Bonchev–Trinajstić information content (AvgIpc) is 1.41. The Labute approximate surface area is 33.6 Å². The molecule has 0 N–H and O–H groups in total. The maximum absolute atomic E-state index is 10.7. The molecule has 0 aromatic carbocycles. The first-order chi connectivity index (χ1) is 2.41. The van der Waals surface area contributed by atoms with Gasteiger partial charge in [0.25, 0.3) is 0 Å². The van der Waals surface area contributed by atoms with Gasteiger partial charge in [0, 0.05) is 0 Å². The summed E-state index contributed by atoms with van der Waals surface area (Å²) in [6.07, 6.45) is 0. The lowest BCUT2D eigenvalue weighted by atomic mass is 11.8. The van der Waals surface area contributed by atoms with E-state index in [4.69, 9.17) is 0 Å². The topological polar surface area (TPSA) is 0 Å². The summed E-state index contributed by atoms with van der Waals surface area (Å²) in [6, 6.07) is -1.23. The second-order valence-electron chi connectivity index (χ2n) is 0.422. The molecule has 0 fully saturated rings. The number of halogens is 2. The minimum Gasteiger partial charge on any atom is -0.239 e. The van der Waals surface area contributed by atoms with Crippen LogP contribution in [0.4, 0.5) is 8.78 Å². The first kappa shape index (κ1) is 5.21. The summed E-state index contributed by atoms with van der Waals surface area (Å²) in [5, 5.41) is 0. The van der Waals surface area contributed by atoms with Gasteiger partial charge in [-0.1, -0.05) is 11.8 Å². The summed E-state index contributed by atoms with van der Waals surface area (Å²) >= 11 is 0.630. The predicted octanol–water partition coefficient (Wildman–Crippen LogP) is 1.57. The normalized spacial score (nSPS) is 8.40. The highest BCUT2D eigenvalue weighted by Crippen LogP contribution is 1.97. The van der Waals surface area contributed by atoms with E-state index in [-0.39, 0.29) is 0 Å². The first-order valence-corrected chi connectivity index (χ1v) is 2.27. The quantitative estimate of drug-likeness (QED) is 0.505. The standard InChI is InChI=1S/C2H4F2S/c3-1-5-2-4/h1-2H2. The molecule has 3 heteroatoms. The van der Waals surface area contributed by atoms with Crippen molar-refractivity contribution >= 4 is 11.8 Å². The smallest absolute Gasteiger partial charge is 0.137 e. The summed E-state index contributed by atoms with van der Waals surface area (Å²) in [4.78, 5) is 0. The molecule has 0 aliphatic rings. The van der Waals surface area contributed by atoms with Gasteiger partial charge in [-0.15, -0.1) is 0 Å². The van der Waals surface area contributed by atoms with E-state index >= 15 is 0 Å². The minimum atomic E-state index is -0.615. The zero-order valence-electron chi connectivity index (χ0n) is 2.58. The monoisotopic (exact) mass is 98.0 g/mol. The number of thioether (sulfide) groups is 1. The Morgan fingerprint density at radius 2 is 1.60 bits per heavy atom. The van der Waals surface area contributed by atoms with Crippen molar-refractivity contribution in [2.24, 2.45) is 0 Å². The van der Waals surface area contributed by atoms with Gasteiger partial charge in [0.05, 0.1) is 0 Å². The molecular weight excluding hydrogens is 94.1 g/mol. The second-order valence-corrected chi connectivity index (χ2v) is 1.27. The molecule has 0 atom stereocenters. The zero-order valence-corrected chi connectivity index (χ0v) is 3.39. The largest absolute Gasteiger partial charge is 0.239 e. The van der Waals surface area contributed by atoms with Crippen LogP contribution < -0.4 is 0 Å². The molecule has 0 bridgehead atoms. The fourth-order valence-electron chi connectivity index (χ4n) is 0.0292. The summed E-state index contributed by atoms with van der Waals surface area (Å²) < 4.78 is 21.4. The van der Waals surface area contributed by atoms with Crippen LogP contribution in [0.3, 0.4) is 0 Å². The molecule has 0 aliphatic carbocycles. The van der Waals surface area contributed by atoms with Gasteiger partial charge in [-0.25, -0.2) is 8.78 Å². The van der Waals surface area contributed by atoms with Crippen LogP contribution in [-0.4, -0.2) is 12.0 Å². The Bertz CT molecular complexity index is 15.1. The molecule has 32 valence electrons. The van der Waals surface area contributed by atoms with Gasteiger partial charge in [0.2, 0.25) is 0 Å². The third-order valence-corrected chi connectivity index (χ3v) is 0.463. The molecule has 0 saturated carbocycles. The van der Waals surface area contributed by atoms with Gasteiger partial charge in [0.15, 0.2) is 0 Å². The summed E-state index contributed by atoms with van der Waals surface area (Å²) in [5.41, 5.74) is 0. The van der Waals surface area contributed by atoms with Crippen LogP contribution in [0.1, 0.15) is 0 Å². The zero-order chi connectivity index (χ0) is 4.12. The Hall–Kier alpha value is 0.210. The molecule has 0 aliphatic heterocycles. The highest BCUT2D eigenvalue weighted by molar-refractivity contribution is 7.98. The third kappa shape index (κ3) is 4.21. The van der Waals surface area contributed by atoms with Gasteiger partial charge in [-0.2, -0.15) is 0 Å². The minimum absolute atomic E-state index is 0.615. The van der Waals surface area contributed by atoms with E-state index in [0.29, 0.717) is 11.8 Å². The number of alkyl halides is 2. The van der Waals surface area contributed by atoms with E-state index in [1.165, 1.54) is 0 Å². The van der Waals surface area contributed by atoms with Crippen LogP contribution in [0, 0.1) is 0 Å². The second kappa shape index (κ2) is 4.21. The van der Waals surface area contributed by atoms with Crippen LogP contribution >= 0.6 is 11.8 Å². The number of hydrogen-bond donors (Lipinski definition) is 0. The molecule has 0 amide bonds. The molecule has 0 heterocycles. The molecule has 0 nitrogen and oxygen atoms in total. The SMILES string of the molecule is FCSCF. The number of hydrogen-bond acceptors (Lipinski definition) is 1. The Morgan fingerprint density at radius 1 is 1.20 bits per heavy atom. The molecule has 0 aromatic rings. The first-order valence-electron chi connectivity index (χ1n) is 1.11.